The van der Waals surface area contributed by atoms with Gasteiger partial charge in [-0.25, -0.2) is 4.79 Å². The largest absolute Gasteiger partial charge is 0.465 e. The first-order valence-corrected chi connectivity index (χ1v) is 14.1. The molecule has 0 fully saturated rings. The van der Waals surface area contributed by atoms with E-state index in [4.69, 9.17) is 4.74 Å². The molecule has 1 heterocycles. The minimum Gasteiger partial charge on any atom is -0.465 e. The van der Waals surface area contributed by atoms with E-state index >= 15 is 0 Å². The normalized spacial score (nSPS) is 11.4. The van der Waals surface area contributed by atoms with Gasteiger partial charge in [-0.15, -0.1) is 0 Å². The minimum absolute atomic E-state index is 0.301. The van der Waals surface area contributed by atoms with Crippen LogP contribution in [0, 0.1) is 5.92 Å². The maximum Gasteiger partial charge on any atom is 0.337 e. The summed E-state index contributed by atoms with van der Waals surface area (Å²) in [5.74, 6) is 0.215. The number of nitrogens with zero attached hydrogens (tertiary/aromatic N) is 2. The fraction of sp³-hybridized carbons (Fsp3) is 0.250. The van der Waals surface area contributed by atoms with Crippen molar-refractivity contribution < 1.29 is 9.53 Å². The van der Waals surface area contributed by atoms with Crippen LogP contribution in [0.15, 0.2) is 109 Å². The van der Waals surface area contributed by atoms with Crippen molar-refractivity contribution >= 4 is 16.9 Å². The molecule has 5 rings (SSSR count). The highest BCUT2D eigenvalue weighted by molar-refractivity contribution is 5.96. The molecule has 1 aromatic heterocycles. The van der Waals surface area contributed by atoms with Crippen LogP contribution < -0.4 is 0 Å². The van der Waals surface area contributed by atoms with Crippen molar-refractivity contribution in [2.24, 2.45) is 5.92 Å². The van der Waals surface area contributed by atoms with Gasteiger partial charge in [-0.05, 0) is 58.4 Å². The first-order chi connectivity index (χ1) is 19.5. The number of esters is 1. The summed E-state index contributed by atoms with van der Waals surface area (Å²) in [6.45, 7) is 7.98. The van der Waals surface area contributed by atoms with E-state index in [1.165, 1.54) is 34.9 Å². The number of fused-ring (bicyclic) bond motifs is 1. The molecule has 4 aromatic carbocycles. The van der Waals surface area contributed by atoms with Gasteiger partial charge < -0.3 is 9.30 Å². The summed E-state index contributed by atoms with van der Waals surface area (Å²) in [7, 11) is 1.44. The van der Waals surface area contributed by atoms with Crippen LogP contribution in [0.4, 0.5) is 0 Å². The highest BCUT2D eigenvalue weighted by Crippen LogP contribution is 2.27. The summed E-state index contributed by atoms with van der Waals surface area (Å²) >= 11 is 0. The lowest BCUT2D eigenvalue weighted by Crippen LogP contribution is -2.25. The Morgan fingerprint density at radius 2 is 1.48 bits per heavy atom. The van der Waals surface area contributed by atoms with Gasteiger partial charge in [-0.2, -0.15) is 0 Å². The van der Waals surface area contributed by atoms with E-state index in [0.29, 0.717) is 11.5 Å². The molecule has 204 valence electrons. The summed E-state index contributed by atoms with van der Waals surface area (Å²) in [6, 6.07) is 36.0. The smallest absolute Gasteiger partial charge is 0.337 e. The Hall–Kier alpha value is -4.15. The van der Waals surface area contributed by atoms with Crippen LogP contribution in [0.1, 0.15) is 40.9 Å². The molecular weight excluding hydrogens is 492 g/mol. The molecule has 0 aliphatic heterocycles. The van der Waals surface area contributed by atoms with Gasteiger partial charge in [0, 0.05) is 43.3 Å². The van der Waals surface area contributed by atoms with Gasteiger partial charge in [0.1, 0.15) is 0 Å². The summed E-state index contributed by atoms with van der Waals surface area (Å²) in [4.78, 5) is 14.9. The summed E-state index contributed by atoms with van der Waals surface area (Å²) < 4.78 is 7.36. The molecule has 0 saturated heterocycles. The van der Waals surface area contributed by atoms with Crippen LogP contribution >= 0.6 is 0 Å². The van der Waals surface area contributed by atoms with Crippen LogP contribution in [0.2, 0.25) is 0 Å². The van der Waals surface area contributed by atoms with E-state index in [9.17, 15) is 4.79 Å². The summed E-state index contributed by atoms with van der Waals surface area (Å²) in [6.07, 6.45) is 3.23. The van der Waals surface area contributed by atoms with Gasteiger partial charge in [-0.1, -0.05) is 98.8 Å². The zero-order valence-corrected chi connectivity index (χ0v) is 23.7. The number of aromatic nitrogens is 1. The lowest BCUT2D eigenvalue weighted by molar-refractivity contribution is 0.0601. The Morgan fingerprint density at radius 1 is 0.800 bits per heavy atom. The third-order valence-corrected chi connectivity index (χ3v) is 7.37. The molecule has 0 radical (unpaired) electrons. The monoisotopic (exact) mass is 530 g/mol. The molecule has 5 aromatic rings. The molecule has 0 spiro atoms. The average molecular weight is 531 g/mol. The minimum atomic E-state index is -0.301. The summed E-state index contributed by atoms with van der Waals surface area (Å²) in [5.41, 5.74) is 8.08. The first-order valence-electron chi connectivity index (χ1n) is 14.1. The number of hydrogen-bond acceptors (Lipinski definition) is 3. The van der Waals surface area contributed by atoms with Gasteiger partial charge in [0.2, 0.25) is 0 Å². The number of benzene rings is 4. The van der Waals surface area contributed by atoms with Crippen molar-refractivity contribution in [2.75, 3.05) is 13.7 Å². The van der Waals surface area contributed by atoms with Gasteiger partial charge >= 0.3 is 5.97 Å². The van der Waals surface area contributed by atoms with Gasteiger partial charge in [0.05, 0.1) is 12.7 Å². The Labute approximate surface area is 237 Å². The van der Waals surface area contributed by atoms with Crippen LogP contribution in [-0.4, -0.2) is 29.1 Å². The second-order valence-corrected chi connectivity index (χ2v) is 10.9. The maximum absolute atomic E-state index is 12.4. The molecule has 0 aliphatic rings. The molecule has 0 atom stereocenters. The van der Waals surface area contributed by atoms with Crippen molar-refractivity contribution in [1.29, 1.82) is 0 Å². The number of methoxy groups -OCH3 is 1. The predicted molar refractivity (Wildman–Crippen MR) is 164 cm³/mol. The molecule has 40 heavy (non-hydrogen) atoms. The molecule has 4 nitrogen and oxygen atoms in total. The Morgan fingerprint density at radius 3 is 2.15 bits per heavy atom. The van der Waals surface area contributed by atoms with E-state index in [2.05, 4.69) is 121 Å². The van der Waals surface area contributed by atoms with E-state index in [0.717, 1.165) is 43.5 Å². The van der Waals surface area contributed by atoms with Crippen LogP contribution in [-0.2, 0) is 30.8 Å². The molecular formula is C36H38N2O2. The maximum atomic E-state index is 12.4. The summed E-state index contributed by atoms with van der Waals surface area (Å²) in [5, 5.41) is 1.12. The topological polar surface area (TPSA) is 34.5 Å². The third-order valence-electron chi connectivity index (χ3n) is 7.37. The van der Waals surface area contributed by atoms with E-state index in [1.807, 2.05) is 12.1 Å². The average Bonchev–Trinajstić information content (AvgIpc) is 3.32. The molecule has 0 N–H and O–H groups in total. The van der Waals surface area contributed by atoms with Gasteiger partial charge in [0.25, 0.3) is 0 Å². The lowest BCUT2D eigenvalue weighted by atomic mass is 10.0. The number of ether oxygens (including phenoxy) is 1. The number of hydrogen-bond donors (Lipinski definition) is 0. The van der Waals surface area contributed by atoms with Crippen molar-refractivity contribution in [1.82, 2.24) is 9.47 Å². The molecule has 0 unspecified atom stereocenters. The standard InChI is InChI=1S/C36H38N2O2/c1-27(2)23-38-26-33(34-22-32(36(39)40-3)18-19-35(34)38)25-37(24-29-10-6-4-7-11-29)21-20-28-14-16-31(17-15-28)30-12-8-5-9-13-30/h4-19,22,26-27H,20-21,23-25H2,1-3H3. The van der Waals surface area contributed by atoms with E-state index in [-0.39, 0.29) is 5.97 Å². The van der Waals surface area contributed by atoms with Crippen molar-refractivity contribution in [3.05, 3.63) is 132 Å². The number of carbonyl (C=O) groups excluding carboxylic acids is 1. The van der Waals surface area contributed by atoms with Crippen molar-refractivity contribution in [2.45, 2.75) is 39.9 Å². The lowest BCUT2D eigenvalue weighted by Gasteiger charge is -2.22. The van der Waals surface area contributed by atoms with Crippen molar-refractivity contribution in [3.63, 3.8) is 0 Å². The van der Waals surface area contributed by atoms with E-state index in [1.54, 1.807) is 0 Å². The zero-order chi connectivity index (χ0) is 27.9. The second kappa shape index (κ2) is 12.8. The van der Waals surface area contributed by atoms with Crippen LogP contribution in [0.3, 0.4) is 0 Å². The third kappa shape index (κ3) is 6.70. The molecule has 0 aliphatic carbocycles. The fourth-order valence-electron chi connectivity index (χ4n) is 5.36. The molecule has 0 saturated carbocycles. The second-order valence-electron chi connectivity index (χ2n) is 10.9. The Bertz CT molecular complexity index is 1540. The van der Waals surface area contributed by atoms with Gasteiger partial charge in [-0.3, -0.25) is 4.90 Å². The molecule has 0 bridgehead atoms. The van der Waals surface area contributed by atoms with E-state index < -0.39 is 0 Å². The Balaban J connectivity index is 1.41. The quantitative estimate of drug-likeness (QED) is 0.162. The predicted octanol–water partition coefficient (Wildman–Crippen LogP) is 8.00. The van der Waals surface area contributed by atoms with Crippen LogP contribution in [0.25, 0.3) is 22.0 Å². The van der Waals surface area contributed by atoms with Crippen molar-refractivity contribution in [3.8, 4) is 11.1 Å². The van der Waals surface area contributed by atoms with Crippen LogP contribution in [0.5, 0.6) is 0 Å². The highest BCUT2D eigenvalue weighted by atomic mass is 16.5. The zero-order valence-electron chi connectivity index (χ0n) is 23.7. The highest BCUT2D eigenvalue weighted by Gasteiger charge is 2.16. The number of carbonyl (C=O) groups is 1. The fourth-order valence-corrected chi connectivity index (χ4v) is 5.36. The van der Waals surface area contributed by atoms with Gasteiger partial charge in [0.15, 0.2) is 0 Å². The number of rotatable bonds is 11. The Kier molecular flexibility index (Phi) is 8.78. The molecule has 0 amide bonds. The SMILES string of the molecule is COC(=O)c1ccc2c(c1)c(CN(CCc1ccc(-c3ccccc3)cc1)Cc1ccccc1)cn2CC(C)C. The molecule has 4 heteroatoms. The first kappa shape index (κ1) is 27.4.